The van der Waals surface area contributed by atoms with Gasteiger partial charge in [0.15, 0.2) is 0 Å². The van der Waals surface area contributed by atoms with Gasteiger partial charge in [-0.2, -0.15) is 0 Å². The van der Waals surface area contributed by atoms with E-state index < -0.39 is 23.5 Å². The molecule has 4 rings (SSSR count). The number of nitrogens with zero attached hydrogens (tertiary/aromatic N) is 3. The van der Waals surface area contributed by atoms with E-state index in [9.17, 15) is 19.1 Å². The third-order valence-corrected chi connectivity index (χ3v) is 5.70. The summed E-state index contributed by atoms with van der Waals surface area (Å²) in [6.45, 7) is 3.52. The molecule has 176 valence electrons. The first-order chi connectivity index (χ1) is 16.5. The van der Waals surface area contributed by atoms with Gasteiger partial charge in [-0.15, -0.1) is 0 Å². The van der Waals surface area contributed by atoms with Crippen LogP contribution in [0.5, 0.6) is 5.75 Å². The number of halogens is 1. The van der Waals surface area contributed by atoms with Gasteiger partial charge in [0.1, 0.15) is 17.3 Å². The number of amides is 1. The molecule has 1 aliphatic heterocycles. The average molecular weight is 464 g/mol. The molecular weight excluding hydrogens is 437 g/mol. The number of imidazole rings is 1. The number of aliphatic hydroxyl groups is 1. The highest BCUT2D eigenvalue weighted by molar-refractivity contribution is 6.46. The Hall–Kier alpha value is -3.94. The van der Waals surface area contributed by atoms with Crippen molar-refractivity contribution in [3.8, 4) is 5.75 Å². The molecule has 0 saturated carbocycles. The van der Waals surface area contributed by atoms with Crippen LogP contribution >= 0.6 is 0 Å². The van der Waals surface area contributed by atoms with Crippen LogP contribution in [0.15, 0.2) is 72.8 Å². The minimum Gasteiger partial charge on any atom is -0.507 e. The zero-order valence-corrected chi connectivity index (χ0v) is 18.9. The number of aromatic nitrogens is 2. The predicted molar refractivity (Wildman–Crippen MR) is 124 cm³/mol. The van der Waals surface area contributed by atoms with Gasteiger partial charge >= 0.3 is 0 Å². The Morgan fingerprint density at radius 1 is 1.09 bits per heavy atom. The minimum atomic E-state index is -0.770. The zero-order chi connectivity index (χ0) is 24.1. The second kappa shape index (κ2) is 10.3. The van der Waals surface area contributed by atoms with Crippen molar-refractivity contribution in [3.05, 3.63) is 89.8 Å². The number of carbonyl (C=O) groups excluding carboxylic acids is 2. The lowest BCUT2D eigenvalue weighted by molar-refractivity contribution is -0.139. The van der Waals surface area contributed by atoms with E-state index in [-0.39, 0.29) is 16.9 Å². The largest absolute Gasteiger partial charge is 0.507 e. The summed E-state index contributed by atoms with van der Waals surface area (Å²) in [5, 5.41) is 11.0. The molecule has 1 amide bonds. The number of rotatable bonds is 9. The van der Waals surface area contributed by atoms with Crippen molar-refractivity contribution in [2.45, 2.75) is 32.4 Å². The molecule has 1 atom stereocenters. The van der Waals surface area contributed by atoms with Gasteiger partial charge in [0, 0.05) is 31.0 Å². The number of benzene rings is 2. The van der Waals surface area contributed by atoms with E-state index in [0.717, 1.165) is 6.42 Å². The van der Waals surface area contributed by atoms with Crippen LogP contribution in [-0.4, -0.2) is 44.4 Å². The molecule has 1 fully saturated rings. The molecule has 2 aromatic carbocycles. The standard InChI is InChI=1S/C26H26FN3O4/c1-2-16-34-21-10-6-18(7-11-21)23-22(24(31)19-4-8-20(27)9-5-19)25(32)26(33)30(23)14-3-13-29-15-12-28-17-29/h4-12,15,17,23,31H,2-3,13-14,16H2,1H3/b24-22+. The summed E-state index contributed by atoms with van der Waals surface area (Å²) in [7, 11) is 0. The summed E-state index contributed by atoms with van der Waals surface area (Å²) < 4.78 is 20.9. The van der Waals surface area contributed by atoms with Crippen molar-refractivity contribution in [2.75, 3.05) is 13.2 Å². The van der Waals surface area contributed by atoms with Crippen LogP contribution in [-0.2, 0) is 16.1 Å². The molecule has 0 radical (unpaired) electrons. The zero-order valence-electron chi connectivity index (χ0n) is 18.9. The maximum Gasteiger partial charge on any atom is 0.295 e. The molecule has 1 unspecified atom stereocenters. The second-order valence-electron chi connectivity index (χ2n) is 8.07. The highest BCUT2D eigenvalue weighted by atomic mass is 19.1. The van der Waals surface area contributed by atoms with E-state index in [4.69, 9.17) is 4.74 Å². The Morgan fingerprint density at radius 2 is 1.82 bits per heavy atom. The van der Waals surface area contributed by atoms with E-state index in [1.165, 1.54) is 29.2 Å². The van der Waals surface area contributed by atoms with Gasteiger partial charge in [0.25, 0.3) is 11.7 Å². The van der Waals surface area contributed by atoms with Gasteiger partial charge in [-0.3, -0.25) is 9.59 Å². The molecule has 0 aliphatic carbocycles. The fourth-order valence-electron chi connectivity index (χ4n) is 4.03. The molecule has 1 aliphatic rings. The van der Waals surface area contributed by atoms with E-state index in [1.807, 2.05) is 17.7 Å². The van der Waals surface area contributed by atoms with E-state index in [1.54, 1.807) is 36.8 Å². The van der Waals surface area contributed by atoms with Gasteiger partial charge < -0.3 is 19.3 Å². The Bertz CT molecular complexity index is 1170. The van der Waals surface area contributed by atoms with Crippen molar-refractivity contribution in [3.63, 3.8) is 0 Å². The summed E-state index contributed by atoms with van der Waals surface area (Å²) in [5.41, 5.74) is 0.932. The monoisotopic (exact) mass is 463 g/mol. The van der Waals surface area contributed by atoms with Gasteiger partial charge in [-0.05, 0) is 54.8 Å². The SMILES string of the molecule is CCCOc1ccc(C2/C(=C(\O)c3ccc(F)cc3)C(=O)C(=O)N2CCCn2ccnc2)cc1. The summed E-state index contributed by atoms with van der Waals surface area (Å²) in [5.74, 6) is -1.55. The van der Waals surface area contributed by atoms with Gasteiger partial charge in [-0.25, -0.2) is 9.37 Å². The third-order valence-electron chi connectivity index (χ3n) is 5.70. The lowest BCUT2D eigenvalue weighted by atomic mass is 9.95. The van der Waals surface area contributed by atoms with Crippen molar-refractivity contribution >= 4 is 17.4 Å². The molecule has 8 heteroatoms. The molecule has 1 aromatic heterocycles. The maximum absolute atomic E-state index is 13.4. The molecule has 1 saturated heterocycles. The Morgan fingerprint density at radius 3 is 2.47 bits per heavy atom. The molecule has 0 bridgehead atoms. The number of likely N-dealkylation sites (tertiary alicyclic amines) is 1. The number of Topliss-reactive ketones (excluding diaryl/α,β-unsaturated/α-hetero) is 1. The molecule has 3 aromatic rings. The molecule has 2 heterocycles. The highest BCUT2D eigenvalue weighted by Gasteiger charge is 2.45. The Balaban J connectivity index is 1.69. The van der Waals surface area contributed by atoms with Crippen LogP contribution in [0.1, 0.15) is 36.9 Å². The molecule has 34 heavy (non-hydrogen) atoms. The lowest BCUT2D eigenvalue weighted by Gasteiger charge is -2.25. The minimum absolute atomic E-state index is 0.0125. The topological polar surface area (TPSA) is 84.7 Å². The van der Waals surface area contributed by atoms with Crippen molar-refractivity contribution in [2.24, 2.45) is 0 Å². The first-order valence-electron chi connectivity index (χ1n) is 11.2. The molecule has 7 nitrogen and oxygen atoms in total. The average Bonchev–Trinajstić information content (AvgIpc) is 3.45. The van der Waals surface area contributed by atoms with Crippen LogP contribution in [0.25, 0.3) is 5.76 Å². The van der Waals surface area contributed by atoms with E-state index in [2.05, 4.69) is 4.98 Å². The summed E-state index contributed by atoms with van der Waals surface area (Å²) in [4.78, 5) is 31.6. The van der Waals surface area contributed by atoms with Gasteiger partial charge in [-0.1, -0.05) is 19.1 Å². The van der Waals surface area contributed by atoms with Crippen molar-refractivity contribution in [1.82, 2.24) is 14.5 Å². The van der Waals surface area contributed by atoms with Crippen molar-refractivity contribution < 1.29 is 23.8 Å². The van der Waals surface area contributed by atoms with Gasteiger partial charge in [0.05, 0.1) is 24.5 Å². The van der Waals surface area contributed by atoms with Gasteiger partial charge in [0.2, 0.25) is 0 Å². The number of ether oxygens (including phenoxy) is 1. The maximum atomic E-state index is 13.4. The quantitative estimate of drug-likeness (QED) is 0.290. The van der Waals surface area contributed by atoms with Crippen molar-refractivity contribution in [1.29, 1.82) is 0 Å². The number of aryl methyl sites for hydroxylation is 1. The van der Waals surface area contributed by atoms with Crippen LogP contribution in [0.3, 0.4) is 0 Å². The summed E-state index contributed by atoms with van der Waals surface area (Å²) in [6.07, 6.45) is 6.66. The Labute approximate surface area is 197 Å². The summed E-state index contributed by atoms with van der Waals surface area (Å²) >= 11 is 0. The molecular formula is C26H26FN3O4. The van der Waals surface area contributed by atoms with E-state index in [0.29, 0.717) is 37.4 Å². The number of hydrogen-bond donors (Lipinski definition) is 1. The lowest BCUT2D eigenvalue weighted by Crippen LogP contribution is -2.31. The number of carbonyl (C=O) groups is 2. The first-order valence-corrected chi connectivity index (χ1v) is 11.2. The fourth-order valence-corrected chi connectivity index (χ4v) is 4.03. The van der Waals surface area contributed by atoms with Crippen LogP contribution < -0.4 is 4.74 Å². The third kappa shape index (κ3) is 4.85. The number of aliphatic hydroxyl groups excluding tert-OH is 1. The molecule has 1 N–H and O–H groups in total. The van der Waals surface area contributed by atoms with E-state index >= 15 is 0 Å². The fraction of sp³-hybridized carbons (Fsp3) is 0.269. The normalized spacial score (nSPS) is 17.4. The predicted octanol–water partition coefficient (Wildman–Crippen LogP) is 4.32. The molecule has 0 spiro atoms. The van der Waals surface area contributed by atoms with Crippen LogP contribution in [0, 0.1) is 5.82 Å². The Kier molecular flexibility index (Phi) is 7.06. The number of ketones is 1. The second-order valence-corrected chi connectivity index (χ2v) is 8.07. The van der Waals surface area contributed by atoms with Crippen LogP contribution in [0.4, 0.5) is 4.39 Å². The summed E-state index contributed by atoms with van der Waals surface area (Å²) in [6, 6.07) is 11.6. The van der Waals surface area contributed by atoms with Crippen LogP contribution in [0.2, 0.25) is 0 Å². The highest BCUT2D eigenvalue weighted by Crippen LogP contribution is 2.40. The first kappa shape index (κ1) is 23.2. The number of hydrogen-bond acceptors (Lipinski definition) is 5. The smallest absolute Gasteiger partial charge is 0.295 e.